The van der Waals surface area contributed by atoms with Crippen molar-refractivity contribution in [2.24, 2.45) is 5.73 Å². The van der Waals surface area contributed by atoms with Crippen molar-refractivity contribution in [1.29, 1.82) is 0 Å². The average molecular weight is 250 g/mol. The van der Waals surface area contributed by atoms with Crippen LogP contribution in [-0.2, 0) is 0 Å². The molecule has 2 nitrogen and oxygen atoms in total. The molecule has 0 radical (unpaired) electrons. The van der Waals surface area contributed by atoms with E-state index in [1.807, 2.05) is 0 Å². The number of thioether (sulfide) groups is 1. The lowest BCUT2D eigenvalue weighted by Crippen LogP contribution is -2.49. The van der Waals surface area contributed by atoms with Gasteiger partial charge in [-0.3, -0.25) is 4.39 Å². The van der Waals surface area contributed by atoms with E-state index in [1.165, 1.54) is 0 Å². The summed E-state index contributed by atoms with van der Waals surface area (Å²) < 4.78 is 12.0. The van der Waals surface area contributed by atoms with Gasteiger partial charge >= 0.3 is 0 Å². The van der Waals surface area contributed by atoms with Gasteiger partial charge in [-0.1, -0.05) is 12.2 Å². The first-order valence-electron chi connectivity index (χ1n) is 5.28. The normalized spacial score (nSPS) is 21.5. The molecule has 0 spiro atoms. The Morgan fingerprint density at radius 3 is 2.53 bits per heavy atom. The summed E-state index contributed by atoms with van der Waals surface area (Å²) in [6, 6.07) is 0. The molecule has 1 fully saturated rings. The van der Waals surface area contributed by atoms with Crippen LogP contribution in [0.15, 0.2) is 0 Å². The van der Waals surface area contributed by atoms with E-state index >= 15 is 0 Å². The molecular weight excluding hydrogens is 231 g/mol. The van der Waals surface area contributed by atoms with Gasteiger partial charge in [0, 0.05) is 6.54 Å². The number of nitrogens with two attached hydrogens (primary N) is 1. The fraction of sp³-hybridized carbons (Fsp3) is 0.900. The SMILES string of the molecule is CSC1(C(N)=S)CCN(CCCF)CC1. The monoisotopic (exact) mass is 250 g/mol. The Kier molecular flexibility index (Phi) is 5.29. The summed E-state index contributed by atoms with van der Waals surface area (Å²) in [5, 5.41) is 0. The maximum Gasteiger partial charge on any atom is 0.0906 e. The third kappa shape index (κ3) is 3.29. The van der Waals surface area contributed by atoms with Crippen LogP contribution in [0.3, 0.4) is 0 Å². The molecule has 1 aliphatic rings. The smallest absolute Gasteiger partial charge is 0.0906 e. The number of alkyl halides is 1. The summed E-state index contributed by atoms with van der Waals surface area (Å²) in [6.07, 6.45) is 4.70. The highest BCUT2D eigenvalue weighted by Gasteiger charge is 2.36. The molecule has 0 bridgehead atoms. The first kappa shape index (κ1) is 13.2. The second-order valence-electron chi connectivity index (χ2n) is 3.95. The number of halogens is 1. The van der Waals surface area contributed by atoms with Gasteiger partial charge in [-0.15, -0.1) is 0 Å². The molecule has 0 aromatic carbocycles. The van der Waals surface area contributed by atoms with Crippen molar-refractivity contribution in [3.63, 3.8) is 0 Å². The van der Waals surface area contributed by atoms with Crippen molar-refractivity contribution in [1.82, 2.24) is 4.90 Å². The molecule has 0 unspecified atom stereocenters. The minimum absolute atomic E-state index is 0.0124. The summed E-state index contributed by atoms with van der Waals surface area (Å²) in [7, 11) is 0. The maximum atomic E-state index is 12.0. The van der Waals surface area contributed by atoms with Crippen molar-refractivity contribution in [3.8, 4) is 0 Å². The molecule has 88 valence electrons. The molecule has 1 heterocycles. The zero-order valence-electron chi connectivity index (χ0n) is 9.17. The van der Waals surface area contributed by atoms with Crippen LogP contribution in [0, 0.1) is 0 Å². The predicted molar refractivity (Wildman–Crippen MR) is 69.3 cm³/mol. The third-order valence-corrected chi connectivity index (χ3v) is 5.04. The van der Waals surface area contributed by atoms with E-state index in [0.29, 0.717) is 11.4 Å². The van der Waals surface area contributed by atoms with Gasteiger partial charge in [-0.2, -0.15) is 11.8 Å². The van der Waals surface area contributed by atoms with Crippen LogP contribution in [0.5, 0.6) is 0 Å². The zero-order valence-corrected chi connectivity index (χ0v) is 10.8. The van der Waals surface area contributed by atoms with Crippen molar-refractivity contribution >= 4 is 29.0 Å². The Bertz CT molecular complexity index is 215. The lowest BCUT2D eigenvalue weighted by molar-refractivity contribution is 0.211. The average Bonchev–Trinajstić information content (AvgIpc) is 2.27. The largest absolute Gasteiger partial charge is 0.392 e. The number of hydrogen-bond acceptors (Lipinski definition) is 3. The molecule has 1 rings (SSSR count). The van der Waals surface area contributed by atoms with Gasteiger partial charge < -0.3 is 10.6 Å². The molecule has 0 amide bonds. The fourth-order valence-electron chi connectivity index (χ4n) is 1.97. The van der Waals surface area contributed by atoms with Crippen LogP contribution in [0.25, 0.3) is 0 Å². The fourth-order valence-corrected chi connectivity index (χ4v) is 3.22. The lowest BCUT2D eigenvalue weighted by Gasteiger charge is -2.40. The van der Waals surface area contributed by atoms with Crippen LogP contribution in [0.2, 0.25) is 0 Å². The Morgan fingerprint density at radius 1 is 1.53 bits per heavy atom. The Labute approximate surface area is 101 Å². The van der Waals surface area contributed by atoms with Gasteiger partial charge in [0.2, 0.25) is 0 Å². The maximum absolute atomic E-state index is 12.0. The molecule has 0 aliphatic carbocycles. The second kappa shape index (κ2) is 6.01. The summed E-state index contributed by atoms with van der Waals surface area (Å²) in [5.41, 5.74) is 5.79. The minimum Gasteiger partial charge on any atom is -0.392 e. The Morgan fingerprint density at radius 2 is 2.13 bits per heavy atom. The van der Waals surface area contributed by atoms with E-state index in [1.54, 1.807) is 11.8 Å². The zero-order chi connectivity index (χ0) is 11.3. The number of thiocarbonyl (C=S) groups is 1. The van der Waals surface area contributed by atoms with Crippen LogP contribution in [-0.4, -0.2) is 47.2 Å². The highest BCUT2D eigenvalue weighted by Crippen LogP contribution is 2.34. The molecular formula is C10H19FN2S2. The van der Waals surface area contributed by atoms with Gasteiger partial charge in [0.25, 0.3) is 0 Å². The first-order chi connectivity index (χ1) is 7.14. The predicted octanol–water partition coefficient (Wildman–Crippen LogP) is 1.83. The number of nitrogens with zero attached hydrogens (tertiary/aromatic N) is 1. The van der Waals surface area contributed by atoms with Crippen molar-refractivity contribution < 1.29 is 4.39 Å². The minimum atomic E-state index is -0.223. The van der Waals surface area contributed by atoms with Crippen molar-refractivity contribution in [3.05, 3.63) is 0 Å². The lowest BCUT2D eigenvalue weighted by atomic mass is 9.95. The van der Waals surface area contributed by atoms with E-state index in [4.69, 9.17) is 18.0 Å². The van der Waals surface area contributed by atoms with Gasteiger partial charge in [-0.05, 0) is 38.6 Å². The van der Waals surface area contributed by atoms with Crippen molar-refractivity contribution in [2.75, 3.05) is 32.6 Å². The Balaban J connectivity index is 2.42. The van der Waals surface area contributed by atoms with E-state index < -0.39 is 0 Å². The molecule has 0 atom stereocenters. The molecule has 1 aliphatic heterocycles. The third-order valence-electron chi connectivity index (χ3n) is 3.11. The van der Waals surface area contributed by atoms with E-state index in [0.717, 1.165) is 32.5 Å². The number of piperidine rings is 1. The van der Waals surface area contributed by atoms with Crippen LogP contribution in [0.1, 0.15) is 19.3 Å². The summed E-state index contributed by atoms with van der Waals surface area (Å²) in [6.45, 7) is 2.61. The van der Waals surface area contributed by atoms with Gasteiger partial charge in [-0.25, -0.2) is 0 Å². The van der Waals surface area contributed by atoms with Gasteiger partial charge in [0.05, 0.1) is 16.4 Å². The number of hydrogen-bond donors (Lipinski definition) is 1. The van der Waals surface area contributed by atoms with Gasteiger partial charge in [0.15, 0.2) is 0 Å². The molecule has 0 saturated carbocycles. The number of likely N-dealkylation sites (tertiary alicyclic amines) is 1. The Hall–Kier alpha value is 0.130. The second-order valence-corrected chi connectivity index (χ2v) is 5.58. The topological polar surface area (TPSA) is 29.3 Å². The molecule has 1 saturated heterocycles. The van der Waals surface area contributed by atoms with E-state index in [-0.39, 0.29) is 11.4 Å². The summed E-state index contributed by atoms with van der Waals surface area (Å²) >= 11 is 6.89. The van der Waals surface area contributed by atoms with Crippen LogP contribution in [0.4, 0.5) is 4.39 Å². The molecule has 0 aromatic heterocycles. The first-order valence-corrected chi connectivity index (χ1v) is 6.91. The van der Waals surface area contributed by atoms with Gasteiger partial charge in [0.1, 0.15) is 0 Å². The highest BCUT2D eigenvalue weighted by atomic mass is 32.2. The van der Waals surface area contributed by atoms with E-state index in [2.05, 4.69) is 11.2 Å². The molecule has 15 heavy (non-hydrogen) atoms. The summed E-state index contributed by atoms with van der Waals surface area (Å²) in [4.78, 5) is 2.92. The van der Waals surface area contributed by atoms with E-state index in [9.17, 15) is 4.39 Å². The number of rotatable bonds is 5. The van der Waals surface area contributed by atoms with Crippen LogP contribution < -0.4 is 5.73 Å². The quantitative estimate of drug-likeness (QED) is 0.754. The standard InChI is InChI=1S/C10H19FN2S2/c1-15-10(9(12)14)3-7-13(8-4-10)6-2-5-11/h2-8H2,1H3,(H2,12,14). The molecule has 5 heteroatoms. The van der Waals surface area contributed by atoms with Crippen LogP contribution >= 0.6 is 24.0 Å². The molecule has 2 N–H and O–H groups in total. The molecule has 0 aromatic rings. The highest BCUT2D eigenvalue weighted by molar-refractivity contribution is 8.01. The van der Waals surface area contributed by atoms with Crippen molar-refractivity contribution in [2.45, 2.75) is 24.0 Å². The summed E-state index contributed by atoms with van der Waals surface area (Å²) in [5.74, 6) is 0.